The Morgan fingerprint density at radius 2 is 1.95 bits per heavy atom. The first-order chi connectivity index (χ1) is 9.89. The third kappa shape index (κ3) is 4.94. The van der Waals surface area contributed by atoms with Gasteiger partial charge in [-0.3, -0.25) is 0 Å². The molecule has 1 atom stereocenters. The average molecular weight is 351 g/mol. The summed E-state index contributed by atoms with van der Waals surface area (Å²) in [6, 6.07) is 1.52. The molecule has 1 rings (SSSR count). The van der Waals surface area contributed by atoms with E-state index in [0.717, 1.165) is 11.3 Å². The summed E-state index contributed by atoms with van der Waals surface area (Å²) in [4.78, 5) is 11.9. The molecule has 0 saturated heterocycles. The van der Waals surface area contributed by atoms with Gasteiger partial charge in [0.2, 0.25) is 0 Å². The minimum absolute atomic E-state index is 0.0185. The number of thiophene rings is 1. The van der Waals surface area contributed by atoms with Gasteiger partial charge in [-0.2, -0.15) is 0 Å². The summed E-state index contributed by atoms with van der Waals surface area (Å²) in [7, 11) is -2.54. The van der Waals surface area contributed by atoms with Crippen molar-refractivity contribution in [1.29, 1.82) is 0 Å². The van der Waals surface area contributed by atoms with Crippen molar-refractivity contribution < 1.29 is 27.8 Å². The maximum absolute atomic E-state index is 12.2. The molecule has 0 saturated carbocycles. The number of ether oxygens (including phenoxy) is 2. The summed E-state index contributed by atoms with van der Waals surface area (Å²) in [6.45, 7) is 5.64. The highest BCUT2D eigenvalue weighted by molar-refractivity contribution is 7.91. The molecular weight excluding hydrogens is 330 g/mol. The van der Waals surface area contributed by atoms with E-state index in [4.69, 9.17) is 9.47 Å². The number of hydrogen-bond donors (Lipinski definition) is 2. The molecule has 0 amide bonds. The van der Waals surface area contributed by atoms with Crippen molar-refractivity contribution in [2.75, 3.05) is 13.7 Å². The lowest BCUT2D eigenvalue weighted by molar-refractivity contribution is -0.174. The monoisotopic (exact) mass is 351 g/mol. The van der Waals surface area contributed by atoms with E-state index in [1.807, 2.05) is 0 Å². The Hall–Kier alpha value is -1.16. The summed E-state index contributed by atoms with van der Waals surface area (Å²) in [5, 5.41) is 11.7. The van der Waals surface area contributed by atoms with Gasteiger partial charge >= 0.3 is 5.97 Å². The molecule has 0 aliphatic heterocycles. The maximum atomic E-state index is 12.2. The van der Waals surface area contributed by atoms with Gasteiger partial charge in [-0.05, 0) is 39.1 Å². The standard InChI is InChI=1S/C13H21NO6S2/c1-12(2,3)20-11(15)13(4,16)8-14-22(17,18)10-9(19-5)6-7-21-10/h6-7,14,16H,8H2,1-5H3/t13-/m0/s1. The molecule has 0 radical (unpaired) electrons. The zero-order chi connectivity index (χ0) is 17.2. The molecule has 1 aromatic rings. The Balaban J connectivity index is 2.81. The Morgan fingerprint density at radius 1 is 1.36 bits per heavy atom. The van der Waals surface area contributed by atoms with Crippen molar-refractivity contribution in [1.82, 2.24) is 4.72 Å². The number of rotatable bonds is 6. The second-order valence-corrected chi connectivity index (χ2v) is 8.76. The van der Waals surface area contributed by atoms with Crippen LogP contribution in [0.1, 0.15) is 27.7 Å². The van der Waals surface area contributed by atoms with Gasteiger partial charge in [-0.1, -0.05) is 0 Å². The number of hydrogen-bond acceptors (Lipinski definition) is 7. The molecule has 0 aliphatic rings. The van der Waals surface area contributed by atoms with Crippen LogP contribution >= 0.6 is 11.3 Å². The number of nitrogens with one attached hydrogen (secondary N) is 1. The Kier molecular flexibility index (Phi) is 5.61. The quantitative estimate of drug-likeness (QED) is 0.745. The van der Waals surface area contributed by atoms with Gasteiger partial charge in [0.15, 0.2) is 9.81 Å². The van der Waals surface area contributed by atoms with E-state index in [0.29, 0.717) is 0 Å². The van der Waals surface area contributed by atoms with Crippen LogP contribution in [0.2, 0.25) is 0 Å². The fraction of sp³-hybridized carbons (Fsp3) is 0.615. The highest BCUT2D eigenvalue weighted by Gasteiger charge is 2.36. The van der Waals surface area contributed by atoms with E-state index in [2.05, 4.69) is 4.72 Å². The lowest BCUT2D eigenvalue weighted by Gasteiger charge is -2.27. The van der Waals surface area contributed by atoms with Gasteiger partial charge in [0.25, 0.3) is 10.0 Å². The topological polar surface area (TPSA) is 102 Å². The van der Waals surface area contributed by atoms with Crippen LogP contribution in [0, 0.1) is 0 Å². The normalized spacial score (nSPS) is 15.2. The SMILES string of the molecule is COc1ccsc1S(=O)(=O)NC[C@](C)(O)C(=O)OC(C)(C)C. The molecule has 0 aromatic carbocycles. The molecule has 2 N–H and O–H groups in total. The minimum atomic E-state index is -3.89. The van der Waals surface area contributed by atoms with Crippen molar-refractivity contribution in [3.8, 4) is 5.75 Å². The number of aliphatic hydroxyl groups is 1. The van der Waals surface area contributed by atoms with E-state index in [1.54, 1.807) is 26.2 Å². The zero-order valence-electron chi connectivity index (χ0n) is 13.2. The molecule has 9 heteroatoms. The number of carbonyl (C=O) groups is 1. The van der Waals surface area contributed by atoms with Crippen LogP contribution in [0.25, 0.3) is 0 Å². The van der Waals surface area contributed by atoms with Crippen LogP contribution in [0.5, 0.6) is 5.75 Å². The second kappa shape index (κ2) is 6.53. The fourth-order valence-electron chi connectivity index (χ4n) is 1.39. The first kappa shape index (κ1) is 18.9. The van der Waals surface area contributed by atoms with Crippen molar-refractivity contribution in [3.63, 3.8) is 0 Å². The van der Waals surface area contributed by atoms with Crippen LogP contribution in [0.15, 0.2) is 15.7 Å². The van der Waals surface area contributed by atoms with Crippen molar-refractivity contribution in [3.05, 3.63) is 11.4 Å². The summed E-state index contributed by atoms with van der Waals surface area (Å²) in [5.41, 5.74) is -2.76. The predicted molar refractivity (Wildman–Crippen MR) is 82.5 cm³/mol. The first-order valence-electron chi connectivity index (χ1n) is 6.46. The molecule has 22 heavy (non-hydrogen) atoms. The summed E-state index contributed by atoms with van der Waals surface area (Å²) in [6.07, 6.45) is 0. The van der Waals surface area contributed by atoms with E-state index in [1.165, 1.54) is 20.1 Å². The van der Waals surface area contributed by atoms with E-state index >= 15 is 0 Å². The van der Waals surface area contributed by atoms with Crippen molar-refractivity contribution in [2.24, 2.45) is 0 Å². The summed E-state index contributed by atoms with van der Waals surface area (Å²) >= 11 is 0.977. The molecule has 7 nitrogen and oxygen atoms in total. The molecule has 1 aromatic heterocycles. The Labute approximate surface area is 134 Å². The summed E-state index contributed by atoms with van der Waals surface area (Å²) in [5.74, 6) is -0.699. The molecular formula is C13H21NO6S2. The third-order valence-electron chi connectivity index (χ3n) is 2.50. The van der Waals surface area contributed by atoms with E-state index in [-0.39, 0.29) is 9.96 Å². The van der Waals surface area contributed by atoms with Gasteiger partial charge < -0.3 is 14.6 Å². The lowest BCUT2D eigenvalue weighted by Crippen LogP contribution is -2.49. The van der Waals surface area contributed by atoms with Crippen molar-refractivity contribution >= 4 is 27.3 Å². The average Bonchev–Trinajstić information content (AvgIpc) is 2.83. The van der Waals surface area contributed by atoms with Crippen LogP contribution in [0.3, 0.4) is 0 Å². The third-order valence-corrected chi connectivity index (χ3v) is 5.35. The number of sulfonamides is 1. The molecule has 0 fully saturated rings. The molecule has 0 bridgehead atoms. The van der Waals surface area contributed by atoms with Gasteiger partial charge in [0, 0.05) is 0 Å². The van der Waals surface area contributed by atoms with Crippen molar-refractivity contribution in [2.45, 2.75) is 43.1 Å². The summed E-state index contributed by atoms with van der Waals surface area (Å²) < 4.78 is 36.6. The lowest BCUT2D eigenvalue weighted by atomic mass is 10.1. The molecule has 0 spiro atoms. The fourth-order valence-corrected chi connectivity index (χ4v) is 3.84. The molecule has 0 aliphatic carbocycles. The van der Waals surface area contributed by atoms with E-state index < -0.39 is 33.7 Å². The van der Waals surface area contributed by atoms with Crippen LogP contribution in [-0.4, -0.2) is 44.4 Å². The van der Waals surface area contributed by atoms with Gasteiger partial charge in [-0.25, -0.2) is 17.9 Å². The van der Waals surface area contributed by atoms with Gasteiger partial charge in [-0.15, -0.1) is 11.3 Å². The minimum Gasteiger partial charge on any atom is -0.494 e. The zero-order valence-corrected chi connectivity index (χ0v) is 14.8. The Morgan fingerprint density at radius 3 is 2.45 bits per heavy atom. The Bertz CT molecular complexity index is 627. The molecule has 0 unspecified atom stereocenters. The molecule has 126 valence electrons. The molecule has 1 heterocycles. The number of methoxy groups -OCH3 is 1. The van der Waals surface area contributed by atoms with Crippen LogP contribution in [-0.2, 0) is 19.6 Å². The highest BCUT2D eigenvalue weighted by atomic mass is 32.2. The van der Waals surface area contributed by atoms with Crippen LogP contribution < -0.4 is 9.46 Å². The number of esters is 1. The second-order valence-electron chi connectivity index (χ2n) is 5.88. The van der Waals surface area contributed by atoms with E-state index in [9.17, 15) is 18.3 Å². The largest absolute Gasteiger partial charge is 0.494 e. The predicted octanol–water partition coefficient (Wildman–Crippen LogP) is 1.13. The maximum Gasteiger partial charge on any atom is 0.339 e. The number of carbonyl (C=O) groups excluding carboxylic acids is 1. The smallest absolute Gasteiger partial charge is 0.339 e. The van der Waals surface area contributed by atoms with Gasteiger partial charge in [0.1, 0.15) is 11.4 Å². The first-order valence-corrected chi connectivity index (χ1v) is 8.82. The van der Waals surface area contributed by atoms with Gasteiger partial charge in [0.05, 0.1) is 13.7 Å². The van der Waals surface area contributed by atoms with Crippen LogP contribution in [0.4, 0.5) is 0 Å². The highest BCUT2D eigenvalue weighted by Crippen LogP contribution is 2.29.